The summed E-state index contributed by atoms with van der Waals surface area (Å²) in [6.45, 7) is 6.80. The average Bonchev–Trinajstić information content (AvgIpc) is 3.18. The van der Waals surface area contributed by atoms with E-state index in [-0.39, 0.29) is 0 Å². The highest BCUT2D eigenvalue weighted by Gasteiger charge is 2.18. The molecule has 0 aliphatic heterocycles. The minimum atomic E-state index is 0.474. The summed E-state index contributed by atoms with van der Waals surface area (Å²) in [6.07, 6.45) is 1.92. The van der Waals surface area contributed by atoms with Crippen LogP contribution in [-0.2, 0) is 0 Å². The molecule has 0 radical (unpaired) electrons. The van der Waals surface area contributed by atoms with Crippen LogP contribution in [0.3, 0.4) is 0 Å². The lowest BCUT2D eigenvalue weighted by Crippen LogP contribution is -2.02. The van der Waals surface area contributed by atoms with Gasteiger partial charge in [-0.3, -0.25) is 4.98 Å². The lowest BCUT2D eigenvalue weighted by atomic mass is 9.89. The zero-order valence-corrected chi connectivity index (χ0v) is 17.6. The predicted molar refractivity (Wildman–Crippen MR) is 126 cm³/mol. The molecule has 2 nitrogen and oxygen atoms in total. The van der Waals surface area contributed by atoms with Crippen LogP contribution in [0.4, 0.5) is 0 Å². The van der Waals surface area contributed by atoms with E-state index in [4.69, 9.17) is 9.40 Å². The molecular weight excluding hydrogens is 366 g/mol. The fourth-order valence-electron chi connectivity index (χ4n) is 4.15. The summed E-state index contributed by atoms with van der Waals surface area (Å²) >= 11 is 0. The first-order valence-electron chi connectivity index (χ1n) is 10.6. The normalized spacial score (nSPS) is 12.7. The Bertz CT molecular complexity index is 1330. The Morgan fingerprint density at radius 2 is 1.50 bits per heavy atom. The van der Waals surface area contributed by atoms with Crippen LogP contribution in [0.15, 0.2) is 89.5 Å². The lowest BCUT2D eigenvalue weighted by molar-refractivity contribution is 0.535. The largest absolute Gasteiger partial charge is 0.455 e. The van der Waals surface area contributed by atoms with Crippen molar-refractivity contribution >= 4 is 21.9 Å². The van der Waals surface area contributed by atoms with Crippen LogP contribution in [0.25, 0.3) is 44.3 Å². The van der Waals surface area contributed by atoms with Gasteiger partial charge in [0.2, 0.25) is 0 Å². The van der Waals surface area contributed by atoms with Crippen LogP contribution in [0.2, 0.25) is 0 Å². The molecule has 0 saturated heterocycles. The summed E-state index contributed by atoms with van der Waals surface area (Å²) < 4.78 is 6.41. The first-order chi connectivity index (χ1) is 14.6. The van der Waals surface area contributed by atoms with Gasteiger partial charge in [0.25, 0.3) is 0 Å². The number of hydrogen-bond donors (Lipinski definition) is 0. The maximum atomic E-state index is 6.41. The van der Waals surface area contributed by atoms with Crippen LogP contribution < -0.4 is 0 Å². The molecule has 5 aromatic rings. The molecule has 30 heavy (non-hydrogen) atoms. The van der Waals surface area contributed by atoms with Gasteiger partial charge in [-0.2, -0.15) is 0 Å². The molecule has 2 aromatic heterocycles. The number of hydrogen-bond acceptors (Lipinski definition) is 2. The van der Waals surface area contributed by atoms with E-state index in [1.54, 1.807) is 0 Å². The number of rotatable bonds is 4. The van der Waals surface area contributed by atoms with Crippen LogP contribution in [0.5, 0.6) is 0 Å². The molecule has 148 valence electrons. The number of para-hydroxylation sites is 1. The highest BCUT2D eigenvalue weighted by atomic mass is 16.3. The molecule has 0 fully saturated rings. The average molecular weight is 392 g/mol. The van der Waals surface area contributed by atoms with Crippen molar-refractivity contribution in [3.05, 3.63) is 90.6 Å². The molecule has 2 heterocycles. The van der Waals surface area contributed by atoms with Crippen molar-refractivity contribution in [1.29, 1.82) is 0 Å². The SMILES string of the molecule is CC(C)C(C)c1ccnc(-c2ccc(-c3ccccc3)c3c2oc2ccccc23)c1. The third kappa shape index (κ3) is 3.09. The van der Waals surface area contributed by atoms with Gasteiger partial charge in [0.15, 0.2) is 0 Å². The van der Waals surface area contributed by atoms with E-state index < -0.39 is 0 Å². The quantitative estimate of drug-likeness (QED) is 0.309. The van der Waals surface area contributed by atoms with Crippen molar-refractivity contribution in [3.63, 3.8) is 0 Å². The van der Waals surface area contributed by atoms with Gasteiger partial charge in [0.1, 0.15) is 11.2 Å². The topological polar surface area (TPSA) is 26.0 Å². The number of benzene rings is 3. The molecule has 1 atom stereocenters. The third-order valence-corrected chi connectivity index (χ3v) is 6.20. The van der Waals surface area contributed by atoms with E-state index in [2.05, 4.69) is 81.4 Å². The molecule has 5 rings (SSSR count). The fourth-order valence-corrected chi connectivity index (χ4v) is 4.15. The Morgan fingerprint density at radius 1 is 0.767 bits per heavy atom. The summed E-state index contributed by atoms with van der Waals surface area (Å²) in [5.74, 6) is 1.05. The molecule has 0 amide bonds. The molecule has 3 aromatic carbocycles. The summed E-state index contributed by atoms with van der Waals surface area (Å²) in [4.78, 5) is 4.71. The zero-order chi connectivity index (χ0) is 20.7. The number of nitrogens with zero attached hydrogens (tertiary/aromatic N) is 1. The smallest absolute Gasteiger partial charge is 0.145 e. The summed E-state index contributed by atoms with van der Waals surface area (Å²) in [6, 6.07) is 27.5. The Balaban J connectivity index is 1.79. The Kier molecular flexibility index (Phi) is 4.63. The molecule has 2 heteroatoms. The van der Waals surface area contributed by atoms with Gasteiger partial charge in [0.05, 0.1) is 5.69 Å². The van der Waals surface area contributed by atoms with Crippen LogP contribution >= 0.6 is 0 Å². The van der Waals surface area contributed by atoms with Crippen molar-refractivity contribution in [1.82, 2.24) is 4.98 Å². The van der Waals surface area contributed by atoms with Gasteiger partial charge in [-0.05, 0) is 52.8 Å². The second kappa shape index (κ2) is 7.46. The highest BCUT2D eigenvalue weighted by Crippen LogP contribution is 2.41. The van der Waals surface area contributed by atoms with Gasteiger partial charge >= 0.3 is 0 Å². The molecule has 1 unspecified atom stereocenters. The first kappa shape index (κ1) is 18.6. The lowest BCUT2D eigenvalue weighted by Gasteiger charge is -2.16. The van der Waals surface area contributed by atoms with E-state index in [9.17, 15) is 0 Å². The molecule has 0 N–H and O–H groups in total. The molecule has 0 saturated carbocycles. The second-order valence-corrected chi connectivity index (χ2v) is 8.34. The van der Waals surface area contributed by atoms with Gasteiger partial charge in [-0.15, -0.1) is 0 Å². The molecule has 0 bridgehead atoms. The van der Waals surface area contributed by atoms with Crippen molar-refractivity contribution in [2.24, 2.45) is 5.92 Å². The number of furan rings is 1. The second-order valence-electron chi connectivity index (χ2n) is 8.34. The Labute approximate surface area is 177 Å². The summed E-state index contributed by atoms with van der Waals surface area (Å²) in [5.41, 5.74) is 7.50. The minimum absolute atomic E-state index is 0.474. The number of fused-ring (bicyclic) bond motifs is 3. The maximum absolute atomic E-state index is 6.41. The van der Waals surface area contributed by atoms with Gasteiger partial charge in [-0.1, -0.05) is 75.4 Å². The van der Waals surface area contributed by atoms with E-state index >= 15 is 0 Å². The van der Waals surface area contributed by atoms with Crippen LogP contribution in [0.1, 0.15) is 32.3 Å². The van der Waals surface area contributed by atoms with Crippen molar-refractivity contribution in [2.75, 3.05) is 0 Å². The zero-order valence-electron chi connectivity index (χ0n) is 17.6. The van der Waals surface area contributed by atoms with Crippen molar-refractivity contribution in [2.45, 2.75) is 26.7 Å². The molecular formula is C28H25NO. The molecule has 0 aliphatic carbocycles. The van der Waals surface area contributed by atoms with E-state index in [0.717, 1.165) is 33.2 Å². The number of aromatic nitrogens is 1. The van der Waals surface area contributed by atoms with Crippen molar-refractivity contribution < 1.29 is 4.42 Å². The molecule has 0 spiro atoms. The van der Waals surface area contributed by atoms with E-state index in [1.807, 2.05) is 24.4 Å². The third-order valence-electron chi connectivity index (χ3n) is 6.20. The first-order valence-corrected chi connectivity index (χ1v) is 10.6. The predicted octanol–water partition coefficient (Wildman–Crippen LogP) is 8.07. The fraction of sp³-hybridized carbons (Fsp3) is 0.179. The maximum Gasteiger partial charge on any atom is 0.145 e. The summed E-state index contributed by atoms with van der Waals surface area (Å²) in [5, 5.41) is 2.29. The van der Waals surface area contributed by atoms with Crippen LogP contribution in [-0.4, -0.2) is 4.98 Å². The standard InChI is InChI=1S/C28H25NO/c1-18(2)19(3)21-15-16-29-25(17-21)23-14-13-22(20-9-5-4-6-10-20)27-24-11-7-8-12-26(24)30-28(23)27/h4-19H,1-3H3. The summed E-state index contributed by atoms with van der Waals surface area (Å²) in [7, 11) is 0. The van der Waals surface area contributed by atoms with E-state index in [1.165, 1.54) is 16.7 Å². The van der Waals surface area contributed by atoms with Gasteiger partial charge in [0, 0.05) is 22.5 Å². The monoisotopic (exact) mass is 391 g/mol. The van der Waals surface area contributed by atoms with Crippen molar-refractivity contribution in [3.8, 4) is 22.4 Å². The highest BCUT2D eigenvalue weighted by molar-refractivity contribution is 6.16. The Morgan fingerprint density at radius 3 is 2.30 bits per heavy atom. The minimum Gasteiger partial charge on any atom is -0.455 e. The van der Waals surface area contributed by atoms with Gasteiger partial charge in [-0.25, -0.2) is 0 Å². The Hall–Kier alpha value is -3.39. The van der Waals surface area contributed by atoms with Crippen LogP contribution in [0, 0.1) is 5.92 Å². The molecule has 0 aliphatic rings. The van der Waals surface area contributed by atoms with E-state index in [0.29, 0.717) is 11.8 Å². The van der Waals surface area contributed by atoms with Gasteiger partial charge < -0.3 is 4.42 Å². The number of pyridine rings is 1.